The lowest BCUT2D eigenvalue weighted by atomic mass is 9.91. The molecule has 3 aromatic carbocycles. The third kappa shape index (κ3) is 1.65. The van der Waals surface area contributed by atoms with Gasteiger partial charge < -0.3 is 0 Å². The summed E-state index contributed by atoms with van der Waals surface area (Å²) in [5.74, 6) is 0. The van der Waals surface area contributed by atoms with Gasteiger partial charge in [0.1, 0.15) is 0 Å². The van der Waals surface area contributed by atoms with Crippen LogP contribution in [0.15, 0.2) is 46.9 Å². The largest absolute Gasteiger partial charge is 0.0616 e. The molecule has 0 fully saturated rings. The van der Waals surface area contributed by atoms with E-state index < -0.39 is 0 Å². The predicted octanol–water partition coefficient (Wildman–Crippen LogP) is 5.63. The van der Waals surface area contributed by atoms with Gasteiger partial charge in [-0.15, -0.1) is 0 Å². The molecular formula is C17H15Br. The van der Waals surface area contributed by atoms with E-state index in [0.717, 1.165) is 10.9 Å². The Morgan fingerprint density at radius 1 is 0.889 bits per heavy atom. The molecule has 0 spiro atoms. The molecule has 0 saturated carbocycles. The molecule has 90 valence electrons. The van der Waals surface area contributed by atoms with Crippen LogP contribution >= 0.6 is 15.9 Å². The van der Waals surface area contributed by atoms with E-state index in [1.807, 2.05) is 0 Å². The highest BCUT2D eigenvalue weighted by molar-refractivity contribution is 9.10. The number of hydrogen-bond acceptors (Lipinski definition) is 0. The van der Waals surface area contributed by atoms with Crippen LogP contribution in [-0.4, -0.2) is 0 Å². The number of rotatable bonds is 1. The summed E-state index contributed by atoms with van der Waals surface area (Å²) >= 11 is 3.58. The first-order valence-electron chi connectivity index (χ1n) is 6.32. The van der Waals surface area contributed by atoms with Crippen molar-refractivity contribution < 1.29 is 0 Å². The van der Waals surface area contributed by atoms with Gasteiger partial charge in [-0.3, -0.25) is 0 Å². The summed E-state index contributed by atoms with van der Waals surface area (Å²) in [4.78, 5) is 0. The zero-order valence-corrected chi connectivity index (χ0v) is 12.2. The van der Waals surface area contributed by atoms with E-state index in [1.54, 1.807) is 0 Å². The first-order chi connectivity index (χ1) is 8.72. The first kappa shape index (κ1) is 11.7. The van der Waals surface area contributed by atoms with Crippen LogP contribution in [0.3, 0.4) is 0 Å². The summed E-state index contributed by atoms with van der Waals surface area (Å²) in [6, 6.07) is 15.3. The van der Waals surface area contributed by atoms with Gasteiger partial charge in [0.05, 0.1) is 0 Å². The Balaban J connectivity index is 2.61. The van der Waals surface area contributed by atoms with Crippen LogP contribution in [0.2, 0.25) is 0 Å². The molecule has 0 N–H and O–H groups in total. The van der Waals surface area contributed by atoms with Crippen LogP contribution in [0.1, 0.15) is 18.1 Å². The Bertz CT molecular complexity index is 741. The molecule has 0 nitrogen and oxygen atoms in total. The molecule has 3 rings (SSSR count). The summed E-state index contributed by atoms with van der Waals surface area (Å²) in [5.41, 5.74) is 2.88. The van der Waals surface area contributed by atoms with Crippen LogP contribution in [0.25, 0.3) is 21.5 Å². The average molecular weight is 299 g/mol. The Morgan fingerprint density at radius 2 is 1.56 bits per heavy atom. The number of halogens is 1. The van der Waals surface area contributed by atoms with Crippen molar-refractivity contribution in [3.8, 4) is 0 Å². The van der Waals surface area contributed by atoms with E-state index in [1.165, 1.54) is 32.7 Å². The maximum absolute atomic E-state index is 3.58. The zero-order valence-electron chi connectivity index (χ0n) is 10.6. The molecular weight excluding hydrogens is 284 g/mol. The molecule has 0 aliphatic rings. The fraction of sp³-hybridized carbons (Fsp3) is 0.176. The molecule has 0 amide bonds. The molecule has 0 atom stereocenters. The van der Waals surface area contributed by atoms with E-state index in [2.05, 4.69) is 72.2 Å². The molecule has 3 aromatic rings. The number of benzene rings is 3. The lowest BCUT2D eigenvalue weighted by Gasteiger charge is -2.14. The van der Waals surface area contributed by atoms with Gasteiger partial charge >= 0.3 is 0 Å². The summed E-state index contributed by atoms with van der Waals surface area (Å²) < 4.78 is 1.15. The SMILES string of the molecule is CCc1c(C)c2cc(Br)ccc2c2ccccc12. The van der Waals surface area contributed by atoms with Gasteiger partial charge in [-0.25, -0.2) is 0 Å². The maximum Gasteiger partial charge on any atom is 0.0181 e. The molecule has 0 aliphatic heterocycles. The zero-order chi connectivity index (χ0) is 12.7. The van der Waals surface area contributed by atoms with Crippen molar-refractivity contribution in [2.75, 3.05) is 0 Å². The smallest absolute Gasteiger partial charge is 0.0181 e. The average Bonchev–Trinajstić information content (AvgIpc) is 2.39. The van der Waals surface area contributed by atoms with E-state index in [-0.39, 0.29) is 0 Å². The van der Waals surface area contributed by atoms with Gasteiger partial charge in [-0.05, 0) is 58.1 Å². The molecule has 1 heteroatoms. The molecule has 0 bridgehead atoms. The molecule has 18 heavy (non-hydrogen) atoms. The number of fused-ring (bicyclic) bond motifs is 3. The topological polar surface area (TPSA) is 0 Å². The van der Waals surface area contributed by atoms with Crippen molar-refractivity contribution in [2.45, 2.75) is 20.3 Å². The minimum atomic E-state index is 1.08. The fourth-order valence-electron chi connectivity index (χ4n) is 2.86. The van der Waals surface area contributed by atoms with E-state index in [4.69, 9.17) is 0 Å². The molecule has 0 heterocycles. The monoisotopic (exact) mass is 298 g/mol. The van der Waals surface area contributed by atoms with Crippen LogP contribution in [0.5, 0.6) is 0 Å². The fourth-order valence-corrected chi connectivity index (χ4v) is 3.22. The number of aryl methyl sites for hydroxylation is 2. The lowest BCUT2D eigenvalue weighted by molar-refractivity contribution is 1.14. The van der Waals surface area contributed by atoms with E-state index >= 15 is 0 Å². The van der Waals surface area contributed by atoms with Crippen LogP contribution in [-0.2, 0) is 6.42 Å². The van der Waals surface area contributed by atoms with Crippen LogP contribution in [0, 0.1) is 6.92 Å². The molecule has 0 saturated heterocycles. The van der Waals surface area contributed by atoms with Crippen molar-refractivity contribution in [1.82, 2.24) is 0 Å². The molecule has 0 aromatic heterocycles. The molecule has 0 radical (unpaired) electrons. The number of hydrogen-bond donors (Lipinski definition) is 0. The van der Waals surface area contributed by atoms with Gasteiger partial charge in [-0.2, -0.15) is 0 Å². The third-order valence-corrected chi connectivity index (χ3v) is 4.23. The van der Waals surface area contributed by atoms with Gasteiger partial charge in [0.25, 0.3) is 0 Å². The minimum absolute atomic E-state index is 1.08. The van der Waals surface area contributed by atoms with Crippen molar-refractivity contribution in [2.24, 2.45) is 0 Å². The summed E-state index contributed by atoms with van der Waals surface area (Å²) in [6.07, 6.45) is 1.08. The van der Waals surface area contributed by atoms with Crippen LogP contribution < -0.4 is 0 Å². The quantitative estimate of drug-likeness (QED) is 0.511. The third-order valence-electron chi connectivity index (χ3n) is 3.73. The van der Waals surface area contributed by atoms with Gasteiger partial charge in [0, 0.05) is 4.47 Å². The highest BCUT2D eigenvalue weighted by atomic mass is 79.9. The first-order valence-corrected chi connectivity index (χ1v) is 7.11. The van der Waals surface area contributed by atoms with Crippen molar-refractivity contribution in [3.63, 3.8) is 0 Å². The Labute approximate surface area is 116 Å². The predicted molar refractivity (Wildman–Crippen MR) is 83.3 cm³/mol. The highest BCUT2D eigenvalue weighted by Crippen LogP contribution is 2.34. The van der Waals surface area contributed by atoms with Crippen molar-refractivity contribution in [1.29, 1.82) is 0 Å². The van der Waals surface area contributed by atoms with E-state index in [0.29, 0.717) is 0 Å². The second-order valence-electron chi connectivity index (χ2n) is 4.69. The normalized spacial score (nSPS) is 11.3. The van der Waals surface area contributed by atoms with Gasteiger partial charge in [0.2, 0.25) is 0 Å². The van der Waals surface area contributed by atoms with Gasteiger partial charge in [0.15, 0.2) is 0 Å². The summed E-state index contributed by atoms with van der Waals surface area (Å²) in [5, 5.41) is 5.47. The highest BCUT2D eigenvalue weighted by Gasteiger charge is 2.09. The molecule has 0 unspecified atom stereocenters. The summed E-state index contributed by atoms with van der Waals surface area (Å²) in [6.45, 7) is 4.47. The Morgan fingerprint density at radius 3 is 2.28 bits per heavy atom. The van der Waals surface area contributed by atoms with Crippen molar-refractivity contribution in [3.05, 3.63) is 58.1 Å². The van der Waals surface area contributed by atoms with Gasteiger partial charge in [-0.1, -0.05) is 53.2 Å². The van der Waals surface area contributed by atoms with E-state index in [9.17, 15) is 0 Å². The van der Waals surface area contributed by atoms with Crippen molar-refractivity contribution >= 4 is 37.5 Å². The summed E-state index contributed by atoms with van der Waals surface area (Å²) in [7, 11) is 0. The van der Waals surface area contributed by atoms with Crippen LogP contribution in [0.4, 0.5) is 0 Å². The lowest BCUT2D eigenvalue weighted by Crippen LogP contribution is -1.92. The second kappa shape index (κ2) is 4.40. The maximum atomic E-state index is 3.58. The minimum Gasteiger partial charge on any atom is -0.0616 e. The Kier molecular flexibility index (Phi) is 2.87. The standard InChI is InChI=1S/C17H15Br/c1-3-13-11(2)17-10-12(18)8-9-16(17)15-7-5-4-6-14(13)15/h4-10H,3H2,1-2H3. The second-order valence-corrected chi connectivity index (χ2v) is 5.61. The molecule has 0 aliphatic carbocycles. The Hall–Kier alpha value is -1.34.